The summed E-state index contributed by atoms with van der Waals surface area (Å²) in [5, 5.41) is 0. The topological polar surface area (TPSA) is 76.7 Å². The van der Waals surface area contributed by atoms with E-state index in [1.165, 1.54) is 36.4 Å². The zero-order valence-electron chi connectivity index (χ0n) is 16.9. The van der Waals surface area contributed by atoms with Crippen molar-refractivity contribution in [2.45, 2.75) is 44.1 Å². The summed E-state index contributed by atoms with van der Waals surface area (Å²) >= 11 is 1.46. The molecule has 0 aromatic heterocycles. The molecule has 0 heterocycles. The van der Waals surface area contributed by atoms with Gasteiger partial charge in [0, 0.05) is 10.5 Å². The van der Waals surface area contributed by atoms with E-state index in [1.54, 1.807) is 18.2 Å². The summed E-state index contributed by atoms with van der Waals surface area (Å²) < 4.78 is 10.9. The van der Waals surface area contributed by atoms with E-state index in [0.717, 1.165) is 17.7 Å². The van der Waals surface area contributed by atoms with Crippen LogP contribution < -0.4 is 20.3 Å². The standard InChI is InChI=1S/C22H26N2O4S/c1-14(2)28-19-10-8-17(12-20(19)27-3)22(26)24-23-21(25)13-29-18-9-7-15-5-4-6-16(15)11-18/h7-12,14H,4-6,13H2,1-3H3,(H,23,25)(H,24,26). The smallest absolute Gasteiger partial charge is 0.269 e. The molecule has 2 N–H and O–H groups in total. The summed E-state index contributed by atoms with van der Waals surface area (Å²) in [7, 11) is 1.52. The Bertz CT molecular complexity index is 898. The number of nitrogens with one attached hydrogen (secondary N) is 2. The maximum Gasteiger partial charge on any atom is 0.269 e. The molecule has 0 bridgehead atoms. The summed E-state index contributed by atoms with van der Waals surface area (Å²) in [6.07, 6.45) is 3.44. The zero-order valence-corrected chi connectivity index (χ0v) is 17.7. The number of hydrazine groups is 1. The highest BCUT2D eigenvalue weighted by molar-refractivity contribution is 8.00. The van der Waals surface area contributed by atoms with Gasteiger partial charge < -0.3 is 9.47 Å². The first-order valence-corrected chi connectivity index (χ1v) is 10.6. The molecule has 2 aromatic carbocycles. The lowest BCUT2D eigenvalue weighted by molar-refractivity contribution is -0.119. The second-order valence-electron chi connectivity index (χ2n) is 7.11. The maximum absolute atomic E-state index is 12.3. The van der Waals surface area contributed by atoms with Gasteiger partial charge in [-0.15, -0.1) is 11.8 Å². The minimum atomic E-state index is -0.421. The summed E-state index contributed by atoms with van der Waals surface area (Å²) in [6, 6.07) is 11.2. The fourth-order valence-corrected chi connectivity index (χ4v) is 3.94. The minimum Gasteiger partial charge on any atom is -0.493 e. The average molecular weight is 415 g/mol. The molecule has 0 aliphatic heterocycles. The van der Waals surface area contributed by atoms with Crippen LogP contribution in [-0.2, 0) is 17.6 Å². The van der Waals surface area contributed by atoms with Gasteiger partial charge in [0.05, 0.1) is 19.0 Å². The molecule has 0 unspecified atom stereocenters. The van der Waals surface area contributed by atoms with E-state index in [2.05, 4.69) is 23.0 Å². The lowest BCUT2D eigenvalue weighted by Crippen LogP contribution is -2.42. The highest BCUT2D eigenvalue weighted by atomic mass is 32.2. The van der Waals surface area contributed by atoms with Gasteiger partial charge in [-0.3, -0.25) is 20.4 Å². The molecule has 0 atom stereocenters. The van der Waals surface area contributed by atoms with Crippen LogP contribution in [0.2, 0.25) is 0 Å². The highest BCUT2D eigenvalue weighted by Crippen LogP contribution is 2.29. The Morgan fingerprint density at radius 1 is 1.03 bits per heavy atom. The Labute approximate surface area is 175 Å². The van der Waals surface area contributed by atoms with Gasteiger partial charge >= 0.3 is 0 Å². The van der Waals surface area contributed by atoms with Gasteiger partial charge in [0.15, 0.2) is 11.5 Å². The van der Waals surface area contributed by atoms with Crippen LogP contribution >= 0.6 is 11.8 Å². The van der Waals surface area contributed by atoms with Crippen LogP contribution in [0.4, 0.5) is 0 Å². The molecule has 29 heavy (non-hydrogen) atoms. The number of ether oxygens (including phenoxy) is 2. The van der Waals surface area contributed by atoms with Gasteiger partial charge in [-0.2, -0.15) is 0 Å². The first-order chi connectivity index (χ1) is 14.0. The van der Waals surface area contributed by atoms with E-state index in [9.17, 15) is 9.59 Å². The zero-order chi connectivity index (χ0) is 20.8. The second kappa shape index (κ2) is 9.69. The number of hydrogen-bond donors (Lipinski definition) is 2. The normalized spacial score (nSPS) is 12.4. The van der Waals surface area contributed by atoms with Gasteiger partial charge in [0.25, 0.3) is 5.91 Å². The van der Waals surface area contributed by atoms with Crippen molar-refractivity contribution in [3.63, 3.8) is 0 Å². The monoisotopic (exact) mass is 414 g/mol. The number of thioether (sulfide) groups is 1. The summed E-state index contributed by atoms with van der Waals surface area (Å²) in [6.45, 7) is 3.83. The number of rotatable bonds is 7. The number of carbonyl (C=O) groups is 2. The summed E-state index contributed by atoms with van der Waals surface area (Å²) in [5.41, 5.74) is 8.05. The SMILES string of the molecule is COc1cc(C(=O)NNC(=O)CSc2ccc3c(c2)CCC3)ccc1OC(C)C. The van der Waals surface area contributed by atoms with E-state index < -0.39 is 5.91 Å². The third-order valence-corrected chi connectivity index (χ3v) is 5.54. The molecule has 1 aliphatic carbocycles. The number of carbonyl (C=O) groups excluding carboxylic acids is 2. The molecule has 154 valence electrons. The van der Waals surface area contributed by atoms with Crippen molar-refractivity contribution in [1.82, 2.24) is 10.9 Å². The molecule has 0 spiro atoms. The third kappa shape index (κ3) is 5.67. The van der Waals surface area contributed by atoms with Crippen molar-refractivity contribution in [1.29, 1.82) is 0 Å². The van der Waals surface area contributed by atoms with Crippen LogP contribution in [0.3, 0.4) is 0 Å². The van der Waals surface area contributed by atoms with Gasteiger partial charge in [-0.1, -0.05) is 6.07 Å². The van der Waals surface area contributed by atoms with Crippen LogP contribution in [-0.4, -0.2) is 30.8 Å². The second-order valence-corrected chi connectivity index (χ2v) is 8.16. The highest BCUT2D eigenvalue weighted by Gasteiger charge is 2.14. The van der Waals surface area contributed by atoms with Crippen molar-refractivity contribution in [3.05, 3.63) is 53.1 Å². The molecule has 0 saturated carbocycles. The molecular weight excluding hydrogens is 388 g/mol. The Morgan fingerprint density at radius 3 is 2.59 bits per heavy atom. The van der Waals surface area contributed by atoms with Crippen molar-refractivity contribution in [2.24, 2.45) is 0 Å². The van der Waals surface area contributed by atoms with Crippen molar-refractivity contribution >= 4 is 23.6 Å². The molecule has 0 saturated heterocycles. The number of fused-ring (bicyclic) bond motifs is 1. The predicted octanol–water partition coefficient (Wildman–Crippen LogP) is 3.52. The molecular formula is C22H26N2O4S. The number of benzene rings is 2. The Balaban J connectivity index is 1.50. The maximum atomic E-state index is 12.3. The molecule has 0 radical (unpaired) electrons. The lowest BCUT2D eigenvalue weighted by Gasteiger charge is -2.14. The largest absolute Gasteiger partial charge is 0.493 e. The Hall–Kier alpha value is -2.67. The van der Waals surface area contributed by atoms with E-state index in [1.807, 2.05) is 19.9 Å². The number of amides is 2. The summed E-state index contributed by atoms with van der Waals surface area (Å²) in [4.78, 5) is 25.5. The van der Waals surface area contributed by atoms with E-state index in [4.69, 9.17) is 9.47 Å². The molecule has 0 fully saturated rings. The van der Waals surface area contributed by atoms with Crippen LogP contribution in [0.5, 0.6) is 11.5 Å². The molecule has 2 aromatic rings. The molecule has 7 heteroatoms. The van der Waals surface area contributed by atoms with Crippen LogP contribution in [0, 0.1) is 0 Å². The summed E-state index contributed by atoms with van der Waals surface area (Å²) in [5.74, 6) is 0.563. The Kier molecular flexibility index (Phi) is 7.04. The number of methoxy groups -OCH3 is 1. The van der Waals surface area contributed by atoms with Crippen molar-refractivity contribution in [3.8, 4) is 11.5 Å². The molecule has 2 amide bonds. The Morgan fingerprint density at radius 2 is 1.83 bits per heavy atom. The predicted molar refractivity (Wildman–Crippen MR) is 114 cm³/mol. The van der Waals surface area contributed by atoms with Crippen LogP contribution in [0.25, 0.3) is 0 Å². The van der Waals surface area contributed by atoms with Gasteiger partial charge in [0.1, 0.15) is 0 Å². The van der Waals surface area contributed by atoms with Crippen LogP contribution in [0.1, 0.15) is 41.8 Å². The third-order valence-electron chi connectivity index (χ3n) is 4.54. The average Bonchev–Trinajstić information content (AvgIpc) is 3.18. The van der Waals surface area contributed by atoms with E-state index in [-0.39, 0.29) is 17.8 Å². The van der Waals surface area contributed by atoms with Gasteiger partial charge in [-0.05, 0) is 74.6 Å². The van der Waals surface area contributed by atoms with E-state index in [0.29, 0.717) is 17.1 Å². The number of hydrogen-bond acceptors (Lipinski definition) is 5. The first kappa shape index (κ1) is 21.0. The quantitative estimate of drug-likeness (QED) is 0.535. The van der Waals surface area contributed by atoms with Gasteiger partial charge in [0.2, 0.25) is 5.91 Å². The minimum absolute atomic E-state index is 0.00830. The van der Waals surface area contributed by atoms with Crippen LogP contribution in [0.15, 0.2) is 41.3 Å². The van der Waals surface area contributed by atoms with Crippen molar-refractivity contribution < 1.29 is 19.1 Å². The van der Waals surface area contributed by atoms with E-state index >= 15 is 0 Å². The van der Waals surface area contributed by atoms with Gasteiger partial charge in [-0.25, -0.2) is 0 Å². The molecule has 6 nitrogen and oxygen atoms in total. The fraction of sp³-hybridized carbons (Fsp3) is 0.364. The molecule has 1 aliphatic rings. The first-order valence-electron chi connectivity index (χ1n) is 9.64. The fourth-order valence-electron chi connectivity index (χ4n) is 3.18. The van der Waals surface area contributed by atoms with Crippen molar-refractivity contribution in [2.75, 3.05) is 12.9 Å². The lowest BCUT2D eigenvalue weighted by atomic mass is 10.1. The molecule has 3 rings (SSSR count). The number of aryl methyl sites for hydroxylation is 2.